The van der Waals surface area contributed by atoms with Crippen molar-refractivity contribution in [3.63, 3.8) is 0 Å². The third-order valence-electron chi connectivity index (χ3n) is 5.19. The highest BCUT2D eigenvalue weighted by atomic mass is 19.1. The van der Waals surface area contributed by atoms with Crippen LogP contribution in [-0.4, -0.2) is 59.9 Å². The van der Waals surface area contributed by atoms with Crippen LogP contribution < -0.4 is 0 Å². The Hall–Kier alpha value is -2.51. The fraction of sp³-hybridized carbons (Fsp3) is 0.381. The molecule has 0 bridgehead atoms. The van der Waals surface area contributed by atoms with E-state index in [1.807, 2.05) is 6.92 Å². The summed E-state index contributed by atoms with van der Waals surface area (Å²) in [5.74, 6) is -0.668. The maximum absolute atomic E-state index is 13.5. The van der Waals surface area contributed by atoms with Gasteiger partial charge in [0.15, 0.2) is 0 Å². The highest BCUT2D eigenvalue weighted by molar-refractivity contribution is 5.65. The van der Waals surface area contributed by atoms with E-state index in [-0.39, 0.29) is 29.8 Å². The predicted molar refractivity (Wildman–Crippen MR) is 101 cm³/mol. The summed E-state index contributed by atoms with van der Waals surface area (Å²) in [5, 5.41) is 9.50. The largest absolute Gasteiger partial charge is 0.465 e. The van der Waals surface area contributed by atoms with Gasteiger partial charge in [0.1, 0.15) is 11.6 Å². The average Bonchev–Trinajstić information content (AvgIpc) is 2.66. The molecule has 2 aromatic carbocycles. The predicted octanol–water partition coefficient (Wildman–Crippen LogP) is 3.75. The molecule has 0 aromatic heterocycles. The minimum absolute atomic E-state index is 0.197. The molecule has 0 unspecified atom stereocenters. The van der Waals surface area contributed by atoms with E-state index in [4.69, 9.17) is 4.74 Å². The molecule has 1 saturated heterocycles. The number of ether oxygens (including phenoxy) is 1. The smallest absolute Gasteiger partial charge is 0.407 e. The zero-order valence-corrected chi connectivity index (χ0v) is 15.9. The van der Waals surface area contributed by atoms with Crippen LogP contribution in [0.4, 0.5) is 13.6 Å². The fourth-order valence-corrected chi connectivity index (χ4v) is 3.85. The van der Waals surface area contributed by atoms with Crippen LogP contribution in [0.5, 0.6) is 0 Å². The zero-order chi connectivity index (χ0) is 20.3. The molecular weight excluding hydrogens is 366 g/mol. The molecule has 150 valence electrons. The lowest BCUT2D eigenvalue weighted by atomic mass is 9.93. The number of halogens is 2. The maximum Gasteiger partial charge on any atom is 0.407 e. The molecule has 28 heavy (non-hydrogen) atoms. The van der Waals surface area contributed by atoms with Gasteiger partial charge >= 0.3 is 6.09 Å². The standard InChI is InChI=1S/C21H24F2N2O3/c1-14-11-25(19(13-28-2)12-24(14)21(26)27)20(15-3-7-17(22)8-4-15)16-5-9-18(23)10-6-16/h3-10,14,19-20H,11-13H2,1-2H3,(H,26,27)/t14-,19-/m0/s1. The van der Waals surface area contributed by atoms with Crippen molar-refractivity contribution in [3.8, 4) is 0 Å². The molecule has 2 aromatic rings. The van der Waals surface area contributed by atoms with E-state index >= 15 is 0 Å². The lowest BCUT2D eigenvalue weighted by Gasteiger charge is -2.47. The number of methoxy groups -OCH3 is 1. The number of hydrogen-bond donors (Lipinski definition) is 1. The van der Waals surface area contributed by atoms with Crippen molar-refractivity contribution in [1.82, 2.24) is 9.80 Å². The Morgan fingerprint density at radius 1 is 1.07 bits per heavy atom. The lowest BCUT2D eigenvalue weighted by molar-refractivity contribution is -0.00979. The molecule has 1 aliphatic heterocycles. The summed E-state index contributed by atoms with van der Waals surface area (Å²) in [6.07, 6.45) is -0.964. The van der Waals surface area contributed by atoms with E-state index in [9.17, 15) is 18.7 Å². The first kappa shape index (κ1) is 20.2. The molecular formula is C21H24F2N2O3. The van der Waals surface area contributed by atoms with Crippen molar-refractivity contribution in [1.29, 1.82) is 0 Å². The highest BCUT2D eigenvalue weighted by Gasteiger charge is 2.38. The first-order chi connectivity index (χ1) is 13.4. The molecule has 1 heterocycles. The summed E-state index contributed by atoms with van der Waals surface area (Å²) in [6, 6.07) is 11.7. The van der Waals surface area contributed by atoms with Gasteiger partial charge in [-0.05, 0) is 42.3 Å². The Labute approximate surface area is 163 Å². The molecule has 1 aliphatic rings. The molecule has 0 radical (unpaired) electrons. The Bertz CT molecular complexity index is 753. The van der Waals surface area contributed by atoms with Crippen molar-refractivity contribution >= 4 is 6.09 Å². The lowest BCUT2D eigenvalue weighted by Crippen LogP contribution is -2.60. The SMILES string of the molecule is COC[C@@H]1CN(C(=O)O)[C@@H](C)CN1C(c1ccc(F)cc1)c1ccc(F)cc1. The van der Waals surface area contributed by atoms with Gasteiger partial charge in [-0.1, -0.05) is 24.3 Å². The van der Waals surface area contributed by atoms with Gasteiger partial charge in [-0.25, -0.2) is 13.6 Å². The molecule has 0 spiro atoms. The van der Waals surface area contributed by atoms with Crippen LogP contribution in [-0.2, 0) is 4.74 Å². The molecule has 1 N–H and O–H groups in total. The summed E-state index contributed by atoms with van der Waals surface area (Å²) < 4.78 is 32.3. The molecule has 0 aliphatic carbocycles. The Balaban J connectivity index is 2.03. The van der Waals surface area contributed by atoms with Crippen molar-refractivity contribution in [2.75, 3.05) is 26.8 Å². The van der Waals surface area contributed by atoms with Gasteiger partial charge in [-0.2, -0.15) is 0 Å². The molecule has 7 heteroatoms. The number of carbonyl (C=O) groups is 1. The van der Waals surface area contributed by atoms with Gasteiger partial charge in [-0.15, -0.1) is 0 Å². The summed E-state index contributed by atoms with van der Waals surface area (Å²) in [7, 11) is 1.58. The van der Waals surface area contributed by atoms with Crippen LogP contribution in [0.2, 0.25) is 0 Å². The van der Waals surface area contributed by atoms with Crippen molar-refractivity contribution in [2.45, 2.75) is 25.0 Å². The Morgan fingerprint density at radius 3 is 2.00 bits per heavy atom. The van der Waals surface area contributed by atoms with E-state index in [2.05, 4.69) is 4.90 Å². The summed E-state index contributed by atoms with van der Waals surface area (Å²) >= 11 is 0. The normalized spacial score (nSPS) is 20.5. The molecule has 0 saturated carbocycles. The van der Waals surface area contributed by atoms with Crippen LogP contribution >= 0.6 is 0 Å². The first-order valence-electron chi connectivity index (χ1n) is 9.16. The number of carboxylic acid groups (broad SMARTS) is 1. The zero-order valence-electron chi connectivity index (χ0n) is 15.9. The fourth-order valence-electron chi connectivity index (χ4n) is 3.85. The third-order valence-corrected chi connectivity index (χ3v) is 5.19. The van der Waals surface area contributed by atoms with Crippen molar-refractivity contribution in [2.24, 2.45) is 0 Å². The summed E-state index contributed by atoms with van der Waals surface area (Å²) in [4.78, 5) is 15.2. The van der Waals surface area contributed by atoms with Crippen molar-refractivity contribution in [3.05, 3.63) is 71.3 Å². The molecule has 3 rings (SSSR count). The van der Waals surface area contributed by atoms with Crippen LogP contribution in [0, 0.1) is 11.6 Å². The summed E-state index contributed by atoms with van der Waals surface area (Å²) in [5.41, 5.74) is 1.70. The van der Waals surface area contributed by atoms with Crippen LogP contribution in [0.25, 0.3) is 0 Å². The number of rotatable bonds is 5. The number of benzene rings is 2. The number of hydrogen-bond acceptors (Lipinski definition) is 3. The minimum atomic E-state index is -0.964. The van der Waals surface area contributed by atoms with E-state index in [0.717, 1.165) is 11.1 Å². The second-order valence-electron chi connectivity index (χ2n) is 7.10. The monoisotopic (exact) mass is 390 g/mol. The third kappa shape index (κ3) is 4.31. The highest BCUT2D eigenvalue weighted by Crippen LogP contribution is 2.33. The van der Waals surface area contributed by atoms with Gasteiger partial charge in [0.2, 0.25) is 0 Å². The minimum Gasteiger partial charge on any atom is -0.465 e. The van der Waals surface area contributed by atoms with Crippen LogP contribution in [0.3, 0.4) is 0 Å². The van der Waals surface area contributed by atoms with E-state index in [1.54, 1.807) is 31.4 Å². The quantitative estimate of drug-likeness (QED) is 0.845. The molecule has 1 fully saturated rings. The van der Waals surface area contributed by atoms with Gasteiger partial charge in [0.25, 0.3) is 0 Å². The van der Waals surface area contributed by atoms with E-state index in [1.165, 1.54) is 29.2 Å². The van der Waals surface area contributed by atoms with Gasteiger partial charge < -0.3 is 14.7 Å². The molecule has 2 atom stereocenters. The van der Waals surface area contributed by atoms with E-state index in [0.29, 0.717) is 19.7 Å². The maximum atomic E-state index is 13.5. The average molecular weight is 390 g/mol. The molecule has 1 amide bonds. The Kier molecular flexibility index (Phi) is 6.26. The number of nitrogens with zero attached hydrogens (tertiary/aromatic N) is 2. The Morgan fingerprint density at radius 2 is 1.57 bits per heavy atom. The second-order valence-corrected chi connectivity index (χ2v) is 7.10. The second kappa shape index (κ2) is 8.67. The van der Waals surface area contributed by atoms with Crippen LogP contribution in [0.15, 0.2) is 48.5 Å². The topological polar surface area (TPSA) is 53.0 Å². The first-order valence-corrected chi connectivity index (χ1v) is 9.16. The molecule has 5 nitrogen and oxygen atoms in total. The van der Waals surface area contributed by atoms with Gasteiger partial charge in [0.05, 0.1) is 18.7 Å². The van der Waals surface area contributed by atoms with Crippen LogP contribution in [0.1, 0.15) is 24.1 Å². The van der Waals surface area contributed by atoms with Crippen molar-refractivity contribution < 1.29 is 23.4 Å². The number of piperazine rings is 1. The van der Waals surface area contributed by atoms with Gasteiger partial charge in [0, 0.05) is 26.2 Å². The van der Waals surface area contributed by atoms with E-state index < -0.39 is 6.09 Å². The number of amides is 1. The van der Waals surface area contributed by atoms with Gasteiger partial charge in [-0.3, -0.25) is 4.90 Å². The summed E-state index contributed by atoms with van der Waals surface area (Å²) in [6.45, 7) is 2.97.